The van der Waals surface area contributed by atoms with Crippen molar-refractivity contribution in [3.8, 4) is 0 Å². The number of carbonyl (C=O) groups is 1. The van der Waals surface area contributed by atoms with Crippen LogP contribution in [0, 0.1) is 12.8 Å². The first-order chi connectivity index (χ1) is 8.90. The Morgan fingerprint density at radius 1 is 1.47 bits per heavy atom. The van der Waals surface area contributed by atoms with E-state index in [1.54, 1.807) is 6.92 Å². The van der Waals surface area contributed by atoms with E-state index in [0.29, 0.717) is 6.04 Å². The molecule has 0 radical (unpaired) electrons. The molecule has 1 heterocycles. The highest BCUT2D eigenvalue weighted by atomic mass is 16.4. The largest absolute Gasteiger partial charge is 0.481 e. The third-order valence-corrected chi connectivity index (χ3v) is 3.43. The Morgan fingerprint density at radius 3 is 2.68 bits per heavy atom. The lowest BCUT2D eigenvalue weighted by Crippen LogP contribution is -2.26. The molecular formula is C14H25N3O2. The first kappa shape index (κ1) is 15.7. The molecule has 0 saturated carbocycles. The normalized spacial score (nSPS) is 14.3. The fourth-order valence-electron chi connectivity index (χ4n) is 2.06. The van der Waals surface area contributed by atoms with Crippen LogP contribution >= 0.6 is 0 Å². The number of aromatic nitrogens is 2. The number of aliphatic carboxylic acids is 1. The molecule has 2 atom stereocenters. The molecular weight excluding hydrogens is 242 g/mol. The summed E-state index contributed by atoms with van der Waals surface area (Å²) in [5.74, 6) is -0.946. The molecule has 108 valence electrons. The van der Waals surface area contributed by atoms with Gasteiger partial charge in [0.15, 0.2) is 0 Å². The van der Waals surface area contributed by atoms with Crippen molar-refractivity contribution in [1.29, 1.82) is 0 Å². The summed E-state index contributed by atoms with van der Waals surface area (Å²) in [6.07, 6.45) is 2.67. The highest BCUT2D eigenvalue weighted by Gasteiger charge is 2.11. The van der Waals surface area contributed by atoms with Crippen LogP contribution in [0.5, 0.6) is 0 Å². The third-order valence-electron chi connectivity index (χ3n) is 3.43. The second-order valence-corrected chi connectivity index (χ2v) is 5.35. The minimum absolute atomic E-state index is 0.244. The molecule has 5 heteroatoms. The van der Waals surface area contributed by atoms with Crippen molar-refractivity contribution >= 4 is 5.97 Å². The van der Waals surface area contributed by atoms with Gasteiger partial charge in [-0.05, 0) is 32.8 Å². The number of nitrogens with zero attached hydrogens (tertiary/aromatic N) is 2. The van der Waals surface area contributed by atoms with Gasteiger partial charge < -0.3 is 10.4 Å². The number of carboxylic acid groups (broad SMARTS) is 1. The zero-order chi connectivity index (χ0) is 14.4. The first-order valence-electron chi connectivity index (χ1n) is 6.86. The molecule has 1 aromatic heterocycles. The Morgan fingerprint density at radius 2 is 2.16 bits per heavy atom. The summed E-state index contributed by atoms with van der Waals surface area (Å²) in [5.41, 5.74) is 2.20. The zero-order valence-corrected chi connectivity index (χ0v) is 12.3. The van der Waals surface area contributed by atoms with Crippen molar-refractivity contribution < 1.29 is 9.90 Å². The monoisotopic (exact) mass is 267 g/mol. The van der Waals surface area contributed by atoms with E-state index in [1.807, 2.05) is 18.7 Å². The lowest BCUT2D eigenvalue weighted by atomic mass is 10.0. The molecule has 0 spiro atoms. The quantitative estimate of drug-likeness (QED) is 0.757. The smallest absolute Gasteiger partial charge is 0.306 e. The Bertz CT molecular complexity index is 415. The fraction of sp³-hybridized carbons (Fsp3) is 0.714. The van der Waals surface area contributed by atoms with Gasteiger partial charge in [0.1, 0.15) is 0 Å². The van der Waals surface area contributed by atoms with Crippen molar-refractivity contribution in [2.24, 2.45) is 13.0 Å². The molecule has 5 nitrogen and oxygen atoms in total. The summed E-state index contributed by atoms with van der Waals surface area (Å²) < 4.78 is 1.89. The van der Waals surface area contributed by atoms with Crippen molar-refractivity contribution in [3.63, 3.8) is 0 Å². The van der Waals surface area contributed by atoms with Crippen LogP contribution in [0.25, 0.3) is 0 Å². The minimum atomic E-state index is -0.703. The Labute approximate surface area is 115 Å². The summed E-state index contributed by atoms with van der Waals surface area (Å²) >= 11 is 0. The van der Waals surface area contributed by atoms with Gasteiger partial charge in [-0.25, -0.2) is 0 Å². The summed E-state index contributed by atoms with van der Waals surface area (Å²) in [4.78, 5) is 10.7. The van der Waals surface area contributed by atoms with E-state index in [1.165, 1.54) is 5.69 Å². The molecule has 19 heavy (non-hydrogen) atoms. The van der Waals surface area contributed by atoms with Gasteiger partial charge in [-0.3, -0.25) is 9.48 Å². The third kappa shape index (κ3) is 5.42. The molecule has 2 N–H and O–H groups in total. The molecule has 0 saturated heterocycles. The number of hydrogen-bond acceptors (Lipinski definition) is 3. The van der Waals surface area contributed by atoms with Crippen LogP contribution < -0.4 is 5.32 Å². The Kier molecular flexibility index (Phi) is 6.02. The van der Waals surface area contributed by atoms with Gasteiger partial charge in [-0.2, -0.15) is 5.10 Å². The van der Waals surface area contributed by atoms with Gasteiger partial charge in [-0.1, -0.05) is 13.3 Å². The van der Waals surface area contributed by atoms with Crippen LogP contribution in [0.15, 0.2) is 6.07 Å². The summed E-state index contributed by atoms with van der Waals surface area (Å²) in [7, 11) is 1.95. The highest BCUT2D eigenvalue weighted by molar-refractivity contribution is 5.69. The number of carboxylic acids is 1. The van der Waals surface area contributed by atoms with Crippen molar-refractivity contribution in [1.82, 2.24) is 15.1 Å². The average molecular weight is 267 g/mol. The predicted octanol–water partition coefficient (Wildman–Crippen LogP) is 2.10. The number of rotatable bonds is 8. The van der Waals surface area contributed by atoms with E-state index in [0.717, 1.165) is 31.5 Å². The standard InChI is InChI=1S/C14H25N3O2/c1-10(14(18)19)6-5-7-11(2)15-9-13-8-12(3)16-17(13)4/h8,10-11,15H,5-7,9H2,1-4H3,(H,18,19). The van der Waals surface area contributed by atoms with E-state index in [9.17, 15) is 4.79 Å². The van der Waals surface area contributed by atoms with E-state index in [2.05, 4.69) is 23.4 Å². The van der Waals surface area contributed by atoms with Crippen LogP contribution in [-0.4, -0.2) is 26.9 Å². The molecule has 1 rings (SSSR count). The SMILES string of the molecule is Cc1cc(CNC(C)CCCC(C)C(=O)O)n(C)n1. The van der Waals surface area contributed by atoms with Gasteiger partial charge in [-0.15, -0.1) is 0 Å². The zero-order valence-electron chi connectivity index (χ0n) is 12.3. The predicted molar refractivity (Wildman–Crippen MR) is 74.9 cm³/mol. The number of aryl methyl sites for hydroxylation is 2. The maximum absolute atomic E-state index is 10.7. The van der Waals surface area contributed by atoms with E-state index in [-0.39, 0.29) is 5.92 Å². The Hall–Kier alpha value is -1.36. The minimum Gasteiger partial charge on any atom is -0.481 e. The molecule has 0 aliphatic carbocycles. The van der Waals surface area contributed by atoms with Gasteiger partial charge in [0.25, 0.3) is 0 Å². The summed E-state index contributed by atoms with van der Waals surface area (Å²) in [6, 6.07) is 2.46. The van der Waals surface area contributed by atoms with Crippen LogP contribution in [0.3, 0.4) is 0 Å². The second kappa shape index (κ2) is 7.28. The van der Waals surface area contributed by atoms with Crippen molar-refractivity contribution in [2.45, 2.75) is 52.6 Å². The van der Waals surface area contributed by atoms with Gasteiger partial charge >= 0.3 is 5.97 Å². The lowest BCUT2D eigenvalue weighted by molar-refractivity contribution is -0.141. The van der Waals surface area contributed by atoms with Crippen molar-refractivity contribution in [2.75, 3.05) is 0 Å². The van der Waals surface area contributed by atoms with E-state index < -0.39 is 5.97 Å². The molecule has 0 aliphatic rings. The lowest BCUT2D eigenvalue weighted by Gasteiger charge is -2.14. The molecule has 0 aromatic carbocycles. The van der Waals surface area contributed by atoms with E-state index >= 15 is 0 Å². The van der Waals surface area contributed by atoms with Crippen LogP contribution in [-0.2, 0) is 18.4 Å². The molecule has 1 aromatic rings. The number of hydrogen-bond donors (Lipinski definition) is 2. The average Bonchev–Trinajstić information content (AvgIpc) is 2.65. The molecule has 0 bridgehead atoms. The summed E-state index contributed by atoms with van der Waals surface area (Å²) in [5, 5.41) is 16.6. The topological polar surface area (TPSA) is 67.2 Å². The van der Waals surface area contributed by atoms with E-state index in [4.69, 9.17) is 5.11 Å². The molecule has 0 amide bonds. The summed E-state index contributed by atoms with van der Waals surface area (Å²) in [6.45, 7) is 6.68. The maximum Gasteiger partial charge on any atom is 0.306 e. The highest BCUT2D eigenvalue weighted by Crippen LogP contribution is 2.10. The maximum atomic E-state index is 10.7. The Balaban J connectivity index is 2.23. The second-order valence-electron chi connectivity index (χ2n) is 5.35. The number of nitrogens with one attached hydrogen (secondary N) is 1. The van der Waals surface area contributed by atoms with Gasteiger partial charge in [0, 0.05) is 19.6 Å². The molecule has 2 unspecified atom stereocenters. The van der Waals surface area contributed by atoms with Crippen molar-refractivity contribution in [3.05, 3.63) is 17.5 Å². The first-order valence-corrected chi connectivity index (χ1v) is 6.86. The van der Waals surface area contributed by atoms with Crippen LogP contribution in [0.2, 0.25) is 0 Å². The van der Waals surface area contributed by atoms with Crippen LogP contribution in [0.4, 0.5) is 0 Å². The van der Waals surface area contributed by atoms with Crippen LogP contribution in [0.1, 0.15) is 44.5 Å². The van der Waals surface area contributed by atoms with Gasteiger partial charge in [0.2, 0.25) is 0 Å². The molecule has 0 fully saturated rings. The fourth-order valence-corrected chi connectivity index (χ4v) is 2.06. The van der Waals surface area contributed by atoms with Gasteiger partial charge in [0.05, 0.1) is 17.3 Å². The molecule has 0 aliphatic heterocycles.